The SMILES string of the molecule is COC(=O)C1=NNC(C)(c2cncc(-c3nc(NCc4ccccn4)c4c(-c5ccccc5)cccc4n3)c2)O1. The number of carbonyl (C=O) groups is 1. The molecule has 2 aromatic carbocycles. The smallest absolute Gasteiger partial charge is 0.395 e. The van der Waals surface area contributed by atoms with Crippen LogP contribution in [0.15, 0.2) is 96.5 Å². The molecule has 40 heavy (non-hydrogen) atoms. The van der Waals surface area contributed by atoms with Crippen LogP contribution in [-0.4, -0.2) is 38.9 Å². The standard InChI is InChI=1S/C30H25N7O3/c1-30(37-36-28(40-30)29(38)39-2)21-15-20(16-31-17-21)26-34-24-13-8-12-23(19-9-4-3-5-10-19)25(24)27(35-26)33-18-22-11-6-7-14-32-22/h3-17,37H,18H2,1-2H3,(H,33,34,35). The number of hydrogen-bond acceptors (Lipinski definition) is 10. The molecule has 1 atom stereocenters. The van der Waals surface area contributed by atoms with E-state index in [1.165, 1.54) is 7.11 Å². The number of esters is 1. The predicted molar refractivity (Wildman–Crippen MR) is 151 cm³/mol. The van der Waals surface area contributed by atoms with Crippen LogP contribution in [-0.2, 0) is 26.5 Å². The number of hydrazone groups is 1. The van der Waals surface area contributed by atoms with E-state index in [0.717, 1.165) is 27.7 Å². The number of methoxy groups -OCH3 is 1. The van der Waals surface area contributed by atoms with Gasteiger partial charge in [-0.25, -0.2) is 14.8 Å². The van der Waals surface area contributed by atoms with Crippen molar-refractivity contribution in [2.24, 2.45) is 5.10 Å². The lowest BCUT2D eigenvalue weighted by Crippen LogP contribution is -2.35. The van der Waals surface area contributed by atoms with Gasteiger partial charge in [0.2, 0.25) is 5.72 Å². The summed E-state index contributed by atoms with van der Waals surface area (Å²) < 4.78 is 10.5. The third-order valence-electron chi connectivity index (χ3n) is 6.55. The number of benzene rings is 2. The largest absolute Gasteiger partial charge is 0.462 e. The Labute approximate surface area is 230 Å². The molecule has 0 aliphatic carbocycles. The summed E-state index contributed by atoms with van der Waals surface area (Å²) in [4.78, 5) is 30.7. The van der Waals surface area contributed by atoms with Crippen molar-refractivity contribution in [2.75, 3.05) is 12.4 Å². The van der Waals surface area contributed by atoms with Gasteiger partial charge in [-0.2, -0.15) is 0 Å². The van der Waals surface area contributed by atoms with Crippen molar-refractivity contribution in [1.29, 1.82) is 0 Å². The molecule has 3 aromatic heterocycles. The van der Waals surface area contributed by atoms with Crippen LogP contribution in [0.4, 0.5) is 5.82 Å². The van der Waals surface area contributed by atoms with E-state index in [0.29, 0.717) is 29.3 Å². The molecule has 1 aliphatic rings. The molecule has 0 bridgehead atoms. The van der Waals surface area contributed by atoms with Gasteiger partial charge in [-0.3, -0.25) is 15.4 Å². The molecule has 10 heteroatoms. The summed E-state index contributed by atoms with van der Waals surface area (Å²) in [6.45, 7) is 2.23. The van der Waals surface area contributed by atoms with Gasteiger partial charge in [0.05, 0.1) is 30.3 Å². The highest BCUT2D eigenvalue weighted by atomic mass is 16.6. The average Bonchev–Trinajstić information content (AvgIpc) is 3.43. The van der Waals surface area contributed by atoms with Gasteiger partial charge in [-0.15, -0.1) is 5.10 Å². The molecule has 0 fully saturated rings. The van der Waals surface area contributed by atoms with Crippen LogP contribution in [0.2, 0.25) is 0 Å². The van der Waals surface area contributed by atoms with Crippen LogP contribution in [0.3, 0.4) is 0 Å². The first-order valence-electron chi connectivity index (χ1n) is 12.6. The van der Waals surface area contributed by atoms with Crippen molar-refractivity contribution in [2.45, 2.75) is 19.2 Å². The van der Waals surface area contributed by atoms with E-state index in [1.807, 2.05) is 54.6 Å². The highest BCUT2D eigenvalue weighted by Gasteiger charge is 2.38. The number of fused-ring (bicyclic) bond motifs is 1. The Balaban J connectivity index is 1.43. The van der Waals surface area contributed by atoms with Crippen LogP contribution >= 0.6 is 0 Å². The maximum Gasteiger partial charge on any atom is 0.395 e. The molecule has 6 rings (SSSR count). The number of nitrogens with zero attached hydrogens (tertiary/aromatic N) is 5. The number of ether oxygens (including phenoxy) is 2. The van der Waals surface area contributed by atoms with E-state index in [1.54, 1.807) is 25.5 Å². The molecule has 2 N–H and O–H groups in total. The molecule has 4 heterocycles. The van der Waals surface area contributed by atoms with Gasteiger partial charge < -0.3 is 14.8 Å². The Morgan fingerprint density at radius 1 is 1.00 bits per heavy atom. The summed E-state index contributed by atoms with van der Waals surface area (Å²) in [6, 6.07) is 23.8. The minimum Gasteiger partial charge on any atom is -0.462 e. The second-order valence-corrected chi connectivity index (χ2v) is 9.25. The Kier molecular flexibility index (Phi) is 6.49. The summed E-state index contributed by atoms with van der Waals surface area (Å²) in [7, 11) is 1.27. The van der Waals surface area contributed by atoms with Crippen molar-refractivity contribution < 1.29 is 14.3 Å². The van der Waals surface area contributed by atoms with E-state index >= 15 is 0 Å². The van der Waals surface area contributed by atoms with Crippen LogP contribution in [0.1, 0.15) is 18.2 Å². The van der Waals surface area contributed by atoms with Crippen LogP contribution in [0.5, 0.6) is 0 Å². The Morgan fingerprint density at radius 3 is 2.65 bits per heavy atom. The van der Waals surface area contributed by atoms with E-state index < -0.39 is 11.7 Å². The molecule has 0 saturated heterocycles. The average molecular weight is 532 g/mol. The summed E-state index contributed by atoms with van der Waals surface area (Å²) in [5.74, 6) is 0.322. The van der Waals surface area contributed by atoms with Crippen molar-refractivity contribution in [3.8, 4) is 22.5 Å². The molecule has 1 aliphatic heterocycles. The van der Waals surface area contributed by atoms with E-state index in [2.05, 4.69) is 44.0 Å². The molecule has 0 saturated carbocycles. The third-order valence-corrected chi connectivity index (χ3v) is 6.55. The van der Waals surface area contributed by atoms with Gasteiger partial charge in [-0.05, 0) is 35.4 Å². The highest BCUT2D eigenvalue weighted by molar-refractivity contribution is 6.32. The second-order valence-electron chi connectivity index (χ2n) is 9.25. The zero-order valence-corrected chi connectivity index (χ0v) is 21.8. The third kappa shape index (κ3) is 4.78. The summed E-state index contributed by atoms with van der Waals surface area (Å²) in [5.41, 5.74) is 6.79. The van der Waals surface area contributed by atoms with Crippen molar-refractivity contribution in [3.05, 3.63) is 103 Å². The van der Waals surface area contributed by atoms with Gasteiger partial charge >= 0.3 is 11.9 Å². The Morgan fingerprint density at radius 2 is 1.85 bits per heavy atom. The zero-order valence-electron chi connectivity index (χ0n) is 21.8. The van der Waals surface area contributed by atoms with Gasteiger partial charge in [0, 0.05) is 36.6 Å². The van der Waals surface area contributed by atoms with Crippen LogP contribution in [0.25, 0.3) is 33.4 Å². The minimum atomic E-state index is -1.12. The number of rotatable bonds is 7. The van der Waals surface area contributed by atoms with Gasteiger partial charge in [0.15, 0.2) is 5.82 Å². The number of hydrogen-bond donors (Lipinski definition) is 2. The second kappa shape index (κ2) is 10.4. The number of aromatic nitrogens is 4. The lowest BCUT2D eigenvalue weighted by atomic mass is 10.0. The van der Waals surface area contributed by atoms with Gasteiger partial charge in [-0.1, -0.05) is 48.5 Å². The zero-order chi connectivity index (χ0) is 27.5. The molecule has 1 unspecified atom stereocenters. The molecule has 0 radical (unpaired) electrons. The molecule has 0 amide bonds. The summed E-state index contributed by atoms with van der Waals surface area (Å²) in [5, 5.41) is 8.37. The number of anilines is 1. The summed E-state index contributed by atoms with van der Waals surface area (Å²) in [6.07, 6.45) is 5.10. The van der Waals surface area contributed by atoms with Crippen molar-refractivity contribution in [1.82, 2.24) is 25.4 Å². The maximum absolute atomic E-state index is 11.9. The first-order valence-corrected chi connectivity index (χ1v) is 12.6. The Hall–Kier alpha value is -5.38. The molecule has 5 aromatic rings. The van der Waals surface area contributed by atoms with Crippen molar-refractivity contribution in [3.63, 3.8) is 0 Å². The first kappa shape index (κ1) is 24.9. The monoisotopic (exact) mass is 531 g/mol. The summed E-state index contributed by atoms with van der Waals surface area (Å²) >= 11 is 0. The number of pyridine rings is 2. The van der Waals surface area contributed by atoms with E-state index in [9.17, 15) is 4.79 Å². The van der Waals surface area contributed by atoms with Crippen LogP contribution < -0.4 is 10.7 Å². The molecule has 0 spiro atoms. The molecule has 198 valence electrons. The minimum absolute atomic E-state index is 0.160. The fourth-order valence-electron chi connectivity index (χ4n) is 4.49. The Bertz CT molecular complexity index is 1730. The fourth-order valence-corrected chi connectivity index (χ4v) is 4.49. The predicted octanol–water partition coefficient (Wildman–Crippen LogP) is 4.64. The lowest BCUT2D eigenvalue weighted by molar-refractivity contribution is -0.135. The highest BCUT2D eigenvalue weighted by Crippen LogP contribution is 2.35. The molecular formula is C30H25N7O3. The van der Waals surface area contributed by atoms with Crippen molar-refractivity contribution >= 4 is 28.6 Å². The van der Waals surface area contributed by atoms with E-state index in [-0.39, 0.29) is 5.90 Å². The van der Waals surface area contributed by atoms with Crippen LogP contribution in [0, 0.1) is 0 Å². The molecule has 10 nitrogen and oxygen atoms in total. The quantitative estimate of drug-likeness (QED) is 0.289. The van der Waals surface area contributed by atoms with E-state index in [4.69, 9.17) is 19.4 Å². The lowest BCUT2D eigenvalue weighted by Gasteiger charge is -2.23. The van der Waals surface area contributed by atoms with Gasteiger partial charge in [0.1, 0.15) is 5.82 Å². The maximum atomic E-state index is 11.9. The first-order chi connectivity index (χ1) is 19.5. The van der Waals surface area contributed by atoms with Gasteiger partial charge in [0.25, 0.3) is 0 Å². The number of nitrogens with one attached hydrogen (secondary N) is 2. The fraction of sp³-hybridized carbons (Fsp3) is 0.133. The normalized spacial score (nSPS) is 16.1. The molecular weight excluding hydrogens is 506 g/mol. The number of carbonyl (C=O) groups excluding carboxylic acids is 1. The topological polar surface area (TPSA) is 124 Å².